The Morgan fingerprint density at radius 1 is 1.02 bits per heavy atom. The van der Waals surface area contributed by atoms with Crippen LogP contribution in [0.4, 0.5) is 26.3 Å². The second-order valence-electron chi connectivity index (χ2n) is 11.1. The monoisotopic (exact) mass is 664 g/mol. The number of carbonyl (C=O) groups is 1. The van der Waals surface area contributed by atoms with Gasteiger partial charge in [-0.1, -0.05) is 64.7 Å². The van der Waals surface area contributed by atoms with Gasteiger partial charge in [-0.3, -0.25) is 14.6 Å². The van der Waals surface area contributed by atoms with E-state index in [1.807, 2.05) is 37.7 Å². The van der Waals surface area contributed by atoms with Crippen LogP contribution in [0.25, 0.3) is 0 Å². The molecule has 6 nitrogen and oxygen atoms in total. The number of fused-ring (bicyclic) bond motifs is 1. The number of aromatic amines is 1. The zero-order chi connectivity index (χ0) is 35.9. The Labute approximate surface area is 271 Å². The zero-order valence-electron chi connectivity index (χ0n) is 28.8. The van der Waals surface area contributed by atoms with Crippen molar-refractivity contribution in [2.75, 3.05) is 13.1 Å². The predicted octanol–water partition coefficient (Wildman–Crippen LogP) is 10.1. The number of nitrogens with one attached hydrogen (secondary N) is 1. The van der Waals surface area contributed by atoms with Crippen LogP contribution in [0.1, 0.15) is 129 Å². The van der Waals surface area contributed by atoms with Crippen molar-refractivity contribution in [3.05, 3.63) is 62.7 Å². The van der Waals surface area contributed by atoms with Crippen LogP contribution in [-0.4, -0.2) is 47.0 Å². The third-order valence-corrected chi connectivity index (χ3v) is 6.42. The van der Waals surface area contributed by atoms with Gasteiger partial charge in [-0.15, -0.1) is 6.58 Å². The van der Waals surface area contributed by atoms with Gasteiger partial charge >= 0.3 is 12.4 Å². The highest BCUT2D eigenvalue weighted by Crippen LogP contribution is 2.39. The van der Waals surface area contributed by atoms with Crippen LogP contribution >= 0.6 is 0 Å². The smallest absolute Gasteiger partial charge is 0.345 e. The number of halogens is 6. The number of unbranched alkanes of at least 4 members (excludes halogenated alkanes) is 2. The van der Waals surface area contributed by atoms with E-state index in [9.17, 15) is 35.9 Å². The molecule has 1 heterocycles. The number of aromatic nitrogens is 2. The van der Waals surface area contributed by atoms with Crippen LogP contribution < -0.4 is 5.56 Å². The van der Waals surface area contributed by atoms with Gasteiger partial charge in [0.05, 0.1) is 11.3 Å². The Kier molecular flexibility index (Phi) is 23.5. The molecule has 0 aromatic carbocycles. The number of alkyl halides is 6. The molecule has 1 N–H and O–H groups in total. The maximum absolute atomic E-state index is 12.8. The van der Waals surface area contributed by atoms with Gasteiger partial charge in [-0.05, 0) is 71.8 Å². The minimum atomic E-state index is -4.60. The fourth-order valence-electron chi connectivity index (χ4n) is 4.38. The second-order valence-corrected chi connectivity index (χ2v) is 11.1. The van der Waals surface area contributed by atoms with Crippen molar-refractivity contribution in [3.63, 3.8) is 0 Å². The van der Waals surface area contributed by atoms with Crippen molar-refractivity contribution in [2.45, 2.75) is 131 Å². The molecule has 0 radical (unpaired) electrons. The van der Waals surface area contributed by atoms with Gasteiger partial charge in [-0.2, -0.15) is 31.4 Å². The minimum absolute atomic E-state index is 0.0490. The Morgan fingerprint density at radius 3 is 2.07 bits per heavy atom. The summed E-state index contributed by atoms with van der Waals surface area (Å²) in [7, 11) is 0. The molecule has 0 bridgehead atoms. The number of nitrogens with zero attached hydrogens (tertiary/aromatic N) is 3. The molecule has 1 aromatic heterocycles. The van der Waals surface area contributed by atoms with Gasteiger partial charge in [0, 0.05) is 30.9 Å². The average Bonchev–Trinajstić information content (AvgIpc) is 3.34. The van der Waals surface area contributed by atoms with Gasteiger partial charge in [0.25, 0.3) is 5.56 Å². The normalized spacial score (nSPS) is 14.7. The van der Waals surface area contributed by atoms with Crippen molar-refractivity contribution >= 4 is 12.6 Å². The number of allylic oxidation sites excluding steroid dienone is 5. The third-order valence-electron chi connectivity index (χ3n) is 6.42. The first kappa shape index (κ1) is 44.9. The van der Waals surface area contributed by atoms with E-state index in [1.165, 1.54) is 25.3 Å². The Bertz CT molecular complexity index is 1160. The van der Waals surface area contributed by atoms with E-state index < -0.39 is 29.0 Å². The van der Waals surface area contributed by atoms with E-state index in [-0.39, 0.29) is 11.5 Å². The number of rotatable bonds is 12. The molecular formula is C34H54F6N4O2. The molecule has 1 aliphatic carbocycles. The van der Waals surface area contributed by atoms with Crippen molar-refractivity contribution in [3.8, 4) is 0 Å². The maximum atomic E-state index is 12.8. The lowest BCUT2D eigenvalue weighted by atomic mass is 10.0. The molecule has 1 aromatic rings. The summed E-state index contributed by atoms with van der Waals surface area (Å²) in [6.45, 7) is 20.5. The number of H-pyrrole nitrogens is 1. The molecule has 46 heavy (non-hydrogen) atoms. The highest BCUT2D eigenvalue weighted by Gasteiger charge is 2.41. The summed E-state index contributed by atoms with van der Waals surface area (Å²) in [5, 5.41) is 5.77. The van der Waals surface area contributed by atoms with Crippen molar-refractivity contribution in [1.82, 2.24) is 15.1 Å². The van der Waals surface area contributed by atoms with Crippen LogP contribution in [0.3, 0.4) is 0 Å². The quantitative estimate of drug-likeness (QED) is 0.0794. The van der Waals surface area contributed by atoms with Crippen LogP contribution in [0.5, 0.6) is 0 Å². The molecule has 0 aliphatic heterocycles. The predicted molar refractivity (Wildman–Crippen MR) is 176 cm³/mol. The van der Waals surface area contributed by atoms with E-state index in [1.54, 1.807) is 13.0 Å². The van der Waals surface area contributed by atoms with Gasteiger partial charge in [0.15, 0.2) is 0 Å². The molecule has 1 amide bonds. The van der Waals surface area contributed by atoms with Crippen molar-refractivity contribution in [1.29, 1.82) is 0 Å². The molecule has 12 heteroatoms. The maximum Gasteiger partial charge on any atom is 0.422 e. The van der Waals surface area contributed by atoms with E-state index in [4.69, 9.17) is 0 Å². The SMILES string of the molecule is C=C(C)C.CCCC1CCc2c1n[nH]c(=O)c2C(F)(F)F.CCCCCN(C=O)CCC.C\C=C(/C=N\C(C)=C/CC)C(F)(F)F. The lowest BCUT2D eigenvalue weighted by Gasteiger charge is -2.15. The molecule has 1 aliphatic rings. The zero-order valence-corrected chi connectivity index (χ0v) is 28.8. The van der Waals surface area contributed by atoms with Crippen molar-refractivity contribution < 1.29 is 31.1 Å². The Hall–Kier alpha value is -3.18. The van der Waals surface area contributed by atoms with Crippen molar-refractivity contribution in [2.24, 2.45) is 4.99 Å². The molecule has 0 saturated carbocycles. The highest BCUT2D eigenvalue weighted by molar-refractivity contribution is 5.80. The number of aliphatic imine (C=N–C) groups is 1. The molecule has 1 unspecified atom stereocenters. The summed E-state index contributed by atoms with van der Waals surface area (Å²) in [6, 6.07) is 0. The molecule has 0 saturated heterocycles. The molecule has 0 fully saturated rings. The first-order valence-corrected chi connectivity index (χ1v) is 15.9. The van der Waals surface area contributed by atoms with Gasteiger partial charge in [0.1, 0.15) is 5.56 Å². The van der Waals surface area contributed by atoms with E-state index in [0.717, 1.165) is 63.9 Å². The lowest BCUT2D eigenvalue weighted by molar-refractivity contribution is -0.139. The minimum Gasteiger partial charge on any atom is -0.345 e. The number of hydrogen-bond acceptors (Lipinski definition) is 4. The van der Waals surface area contributed by atoms with Gasteiger partial charge in [-0.25, -0.2) is 5.10 Å². The topological polar surface area (TPSA) is 78.4 Å². The van der Waals surface area contributed by atoms with Crippen LogP contribution in [0.15, 0.2) is 45.4 Å². The molecule has 264 valence electrons. The average molecular weight is 665 g/mol. The van der Waals surface area contributed by atoms with Crippen LogP contribution in [-0.2, 0) is 17.4 Å². The van der Waals surface area contributed by atoms with Gasteiger partial charge in [0.2, 0.25) is 6.41 Å². The largest absolute Gasteiger partial charge is 0.422 e. The summed E-state index contributed by atoms with van der Waals surface area (Å²) in [6.07, 6.45) is 3.74. The fraction of sp³-hybridized carbons (Fsp3) is 0.647. The Balaban J connectivity index is 0. The summed E-state index contributed by atoms with van der Waals surface area (Å²) < 4.78 is 74.8. The summed E-state index contributed by atoms with van der Waals surface area (Å²) in [5.41, 5.74) is -0.620. The standard InChI is InChI=1S/C11H13F3N2O.C10H14F3N.C9H19NO.C4H8/c1-2-3-6-4-5-7-8(11(12,13)14)10(17)16-15-9(6)7;1-4-6-8(3)14-7-9(5-2)10(11,12)13;1-3-5-6-8-10(9-11)7-4-2;1-4(2)3/h6H,2-5H2,1H3,(H,16,17);5-7H,4H2,1-3H3;9H,3-8H2,1-2H3;1H2,2-3H3/b;8-6-,9-5+,14-7-;;. The summed E-state index contributed by atoms with van der Waals surface area (Å²) >= 11 is 0. The number of carbonyl (C=O) groups excluding carboxylic acids is 1. The van der Waals surface area contributed by atoms with Crippen LogP contribution in [0, 0.1) is 0 Å². The third kappa shape index (κ3) is 19.4. The first-order chi connectivity index (χ1) is 21.4. The molecular weight excluding hydrogens is 610 g/mol. The second kappa shape index (κ2) is 24.1. The first-order valence-electron chi connectivity index (χ1n) is 15.9. The van der Waals surface area contributed by atoms with Crippen LogP contribution in [0.2, 0.25) is 0 Å². The lowest BCUT2D eigenvalue weighted by Crippen LogP contribution is -2.25. The van der Waals surface area contributed by atoms with Gasteiger partial charge < -0.3 is 4.90 Å². The van der Waals surface area contributed by atoms with E-state index in [2.05, 4.69) is 30.5 Å². The Morgan fingerprint density at radius 2 is 1.63 bits per heavy atom. The van der Waals surface area contributed by atoms with E-state index >= 15 is 0 Å². The number of hydrogen-bond donors (Lipinski definition) is 1. The summed E-state index contributed by atoms with van der Waals surface area (Å²) in [4.78, 5) is 27.2. The fourth-order valence-corrected chi connectivity index (χ4v) is 4.38. The summed E-state index contributed by atoms with van der Waals surface area (Å²) in [5.74, 6) is 0.0490. The van der Waals surface area contributed by atoms with E-state index in [0.29, 0.717) is 24.2 Å². The molecule has 0 spiro atoms. The molecule has 2 rings (SSSR count). The highest BCUT2D eigenvalue weighted by atomic mass is 19.4. The molecule has 1 atom stereocenters. The number of amides is 1.